The molecule has 1 atom stereocenters. The maximum Gasteiger partial charge on any atom is 0.246 e. The highest BCUT2D eigenvalue weighted by Gasteiger charge is 2.11. The predicted molar refractivity (Wildman–Crippen MR) is 72.3 cm³/mol. The Labute approximate surface area is 109 Å². The van der Waals surface area contributed by atoms with E-state index in [9.17, 15) is 4.79 Å². The Morgan fingerprint density at radius 2 is 2.17 bits per heavy atom. The summed E-state index contributed by atoms with van der Waals surface area (Å²) in [7, 11) is 0. The Morgan fingerprint density at radius 1 is 1.44 bits per heavy atom. The Morgan fingerprint density at radius 3 is 2.78 bits per heavy atom. The van der Waals surface area contributed by atoms with Gasteiger partial charge in [-0.3, -0.25) is 4.79 Å². The van der Waals surface area contributed by atoms with Crippen molar-refractivity contribution in [2.24, 2.45) is 5.73 Å². The van der Waals surface area contributed by atoms with Gasteiger partial charge in [-0.15, -0.1) is 0 Å². The van der Waals surface area contributed by atoms with E-state index in [2.05, 4.69) is 37.4 Å². The molecule has 0 bridgehead atoms. The minimum atomic E-state index is -0.115. The third-order valence-corrected chi connectivity index (χ3v) is 2.76. The molecule has 0 radical (unpaired) electrons. The fraction of sp³-hybridized carbons (Fsp3) is 0.500. The van der Waals surface area contributed by atoms with Crippen LogP contribution in [0, 0.1) is 13.8 Å². The molecule has 1 amide bonds. The lowest BCUT2D eigenvalue weighted by Gasteiger charge is -2.17. The molecule has 18 heavy (non-hydrogen) atoms. The molecule has 0 aromatic heterocycles. The molecule has 0 fully saturated rings. The zero-order valence-corrected chi connectivity index (χ0v) is 11.3. The van der Waals surface area contributed by atoms with Crippen LogP contribution >= 0.6 is 0 Å². The van der Waals surface area contributed by atoms with Gasteiger partial charge in [0.05, 0.1) is 12.6 Å². The van der Waals surface area contributed by atoms with Gasteiger partial charge < -0.3 is 15.8 Å². The molecule has 1 aromatic rings. The molecule has 0 spiro atoms. The number of carbonyl (C=O) groups is 1. The Balaban J connectivity index is 2.54. The smallest absolute Gasteiger partial charge is 0.246 e. The molecule has 4 heteroatoms. The van der Waals surface area contributed by atoms with E-state index in [1.807, 2.05) is 6.92 Å². The summed E-state index contributed by atoms with van der Waals surface area (Å²) in [6, 6.07) is 6.20. The van der Waals surface area contributed by atoms with Crippen LogP contribution in [0.1, 0.15) is 29.7 Å². The third kappa shape index (κ3) is 4.47. The van der Waals surface area contributed by atoms with Crippen molar-refractivity contribution in [1.82, 2.24) is 5.32 Å². The lowest BCUT2D eigenvalue weighted by atomic mass is 10.0. The first-order valence-corrected chi connectivity index (χ1v) is 6.19. The van der Waals surface area contributed by atoms with Crippen molar-refractivity contribution in [1.29, 1.82) is 0 Å². The first-order valence-electron chi connectivity index (χ1n) is 6.19. The fourth-order valence-corrected chi connectivity index (χ4v) is 1.92. The van der Waals surface area contributed by atoms with Crippen LogP contribution in [0.15, 0.2) is 18.2 Å². The van der Waals surface area contributed by atoms with E-state index in [0.717, 1.165) is 5.56 Å². The number of ether oxygens (including phenoxy) is 1. The predicted octanol–water partition coefficient (Wildman–Crippen LogP) is 1.46. The third-order valence-electron chi connectivity index (χ3n) is 2.76. The van der Waals surface area contributed by atoms with Gasteiger partial charge in [-0.25, -0.2) is 0 Å². The van der Waals surface area contributed by atoms with Crippen LogP contribution < -0.4 is 11.1 Å². The molecule has 3 N–H and O–H groups in total. The Bertz CT molecular complexity index is 405. The number of aryl methyl sites for hydroxylation is 2. The number of carbonyl (C=O) groups excluding carboxylic acids is 1. The molecular weight excluding hydrogens is 228 g/mol. The number of hydrogen-bond acceptors (Lipinski definition) is 3. The van der Waals surface area contributed by atoms with Crippen molar-refractivity contribution < 1.29 is 9.53 Å². The molecule has 0 heterocycles. The van der Waals surface area contributed by atoms with E-state index >= 15 is 0 Å². The first kappa shape index (κ1) is 14.7. The van der Waals surface area contributed by atoms with Crippen LogP contribution in [0.5, 0.6) is 0 Å². The van der Waals surface area contributed by atoms with E-state index < -0.39 is 0 Å². The highest BCUT2D eigenvalue weighted by Crippen LogP contribution is 2.18. The average molecular weight is 250 g/mol. The summed E-state index contributed by atoms with van der Waals surface area (Å²) in [4.78, 5) is 11.6. The highest BCUT2D eigenvalue weighted by atomic mass is 16.5. The van der Waals surface area contributed by atoms with E-state index in [0.29, 0.717) is 13.2 Å². The Hall–Kier alpha value is -1.39. The first-order chi connectivity index (χ1) is 8.54. The van der Waals surface area contributed by atoms with Gasteiger partial charge in [0.2, 0.25) is 5.91 Å². The van der Waals surface area contributed by atoms with Crippen LogP contribution in [-0.2, 0) is 9.53 Å². The summed E-state index contributed by atoms with van der Waals surface area (Å²) in [5.41, 5.74) is 8.83. The van der Waals surface area contributed by atoms with Gasteiger partial charge in [-0.2, -0.15) is 0 Å². The van der Waals surface area contributed by atoms with Crippen LogP contribution in [0.4, 0.5) is 0 Å². The zero-order valence-electron chi connectivity index (χ0n) is 11.3. The molecule has 0 aliphatic carbocycles. The van der Waals surface area contributed by atoms with E-state index in [-0.39, 0.29) is 18.6 Å². The molecule has 1 rings (SSSR count). The van der Waals surface area contributed by atoms with Crippen LogP contribution in [0.25, 0.3) is 0 Å². The number of rotatable bonds is 6. The summed E-state index contributed by atoms with van der Waals surface area (Å²) in [5, 5.41) is 2.91. The van der Waals surface area contributed by atoms with Crippen LogP contribution in [-0.4, -0.2) is 25.7 Å². The summed E-state index contributed by atoms with van der Waals surface area (Å²) in [5.74, 6) is -0.115. The number of nitrogens with one attached hydrogen (secondary N) is 1. The van der Waals surface area contributed by atoms with Gasteiger partial charge in [-0.05, 0) is 31.9 Å². The fourth-order valence-electron chi connectivity index (χ4n) is 1.92. The van der Waals surface area contributed by atoms with Crippen LogP contribution in [0.2, 0.25) is 0 Å². The lowest BCUT2D eigenvalue weighted by Crippen LogP contribution is -2.31. The molecule has 1 unspecified atom stereocenters. The van der Waals surface area contributed by atoms with Crippen LogP contribution in [0.3, 0.4) is 0 Å². The zero-order chi connectivity index (χ0) is 13.5. The van der Waals surface area contributed by atoms with E-state index in [1.54, 1.807) is 0 Å². The van der Waals surface area contributed by atoms with Crippen molar-refractivity contribution in [2.45, 2.75) is 26.8 Å². The second-order valence-electron chi connectivity index (χ2n) is 4.49. The van der Waals surface area contributed by atoms with Gasteiger partial charge in [0.1, 0.15) is 6.61 Å². The topological polar surface area (TPSA) is 64.3 Å². The summed E-state index contributed by atoms with van der Waals surface area (Å²) >= 11 is 0. The SMILES string of the molecule is Cc1ccc(C(C)NC(=O)COCCN)c(C)c1. The molecule has 1 aromatic carbocycles. The molecule has 0 saturated carbocycles. The second-order valence-corrected chi connectivity index (χ2v) is 4.49. The standard InChI is InChI=1S/C14H22N2O2/c1-10-4-5-13(11(2)8-10)12(3)16-14(17)9-18-7-6-15/h4-5,8,12H,6-7,9,15H2,1-3H3,(H,16,17). The summed E-state index contributed by atoms with van der Waals surface area (Å²) in [6.07, 6.45) is 0. The van der Waals surface area contributed by atoms with Crippen molar-refractivity contribution >= 4 is 5.91 Å². The minimum Gasteiger partial charge on any atom is -0.370 e. The average Bonchev–Trinajstić information content (AvgIpc) is 2.28. The molecule has 0 saturated heterocycles. The monoisotopic (exact) mass is 250 g/mol. The van der Waals surface area contributed by atoms with Crippen molar-refractivity contribution in [3.8, 4) is 0 Å². The summed E-state index contributed by atoms with van der Waals surface area (Å²) < 4.78 is 5.09. The lowest BCUT2D eigenvalue weighted by molar-refractivity contribution is -0.126. The molecule has 0 aliphatic rings. The van der Waals surface area contributed by atoms with Gasteiger partial charge in [-0.1, -0.05) is 23.8 Å². The van der Waals surface area contributed by atoms with Gasteiger partial charge in [0.15, 0.2) is 0 Å². The maximum atomic E-state index is 11.6. The second kappa shape index (κ2) is 7.13. The molecule has 0 aliphatic heterocycles. The quantitative estimate of drug-likeness (QED) is 0.751. The molecule has 100 valence electrons. The number of benzene rings is 1. The van der Waals surface area contributed by atoms with E-state index in [4.69, 9.17) is 10.5 Å². The normalized spacial score (nSPS) is 12.2. The van der Waals surface area contributed by atoms with Gasteiger partial charge in [0, 0.05) is 6.54 Å². The van der Waals surface area contributed by atoms with Crippen molar-refractivity contribution in [2.75, 3.05) is 19.8 Å². The Kier molecular flexibility index (Phi) is 5.82. The summed E-state index contributed by atoms with van der Waals surface area (Å²) in [6.45, 7) is 6.98. The van der Waals surface area contributed by atoms with Gasteiger partial charge >= 0.3 is 0 Å². The number of amides is 1. The highest BCUT2D eigenvalue weighted by molar-refractivity contribution is 5.77. The van der Waals surface area contributed by atoms with Gasteiger partial charge in [0.25, 0.3) is 0 Å². The van der Waals surface area contributed by atoms with E-state index in [1.165, 1.54) is 11.1 Å². The van der Waals surface area contributed by atoms with Crippen molar-refractivity contribution in [3.63, 3.8) is 0 Å². The minimum absolute atomic E-state index is 0.0143. The number of nitrogens with two attached hydrogens (primary N) is 1. The molecule has 4 nitrogen and oxygen atoms in total. The maximum absolute atomic E-state index is 11.6. The molecular formula is C14H22N2O2. The largest absolute Gasteiger partial charge is 0.370 e. The number of hydrogen-bond donors (Lipinski definition) is 2. The van der Waals surface area contributed by atoms with Crippen molar-refractivity contribution in [3.05, 3.63) is 34.9 Å².